The van der Waals surface area contributed by atoms with Crippen molar-refractivity contribution in [2.24, 2.45) is 0 Å². The maximum Gasteiger partial charge on any atom is 0.256 e. The Morgan fingerprint density at radius 2 is 1.78 bits per heavy atom. The Kier molecular flexibility index (Phi) is 3.86. The van der Waals surface area contributed by atoms with Gasteiger partial charge in [-0.25, -0.2) is 9.29 Å². The first-order valence-corrected chi connectivity index (χ1v) is 7.42. The van der Waals surface area contributed by atoms with Crippen LogP contribution < -0.4 is 10.2 Å². The fraction of sp³-hybridized carbons (Fsp3) is 0.222. The number of amides is 2. The largest absolute Gasteiger partial charge is 0.373 e. The van der Waals surface area contributed by atoms with Crippen LogP contribution in [0.3, 0.4) is 0 Å². The summed E-state index contributed by atoms with van der Waals surface area (Å²) in [6.45, 7) is 3.79. The molecule has 0 saturated carbocycles. The highest BCUT2D eigenvalue weighted by Crippen LogP contribution is 2.28. The number of anilines is 2. The van der Waals surface area contributed by atoms with E-state index in [4.69, 9.17) is 0 Å². The van der Waals surface area contributed by atoms with Crippen LogP contribution in [-0.4, -0.2) is 17.9 Å². The Hall–Kier alpha value is -2.69. The number of rotatable bonds is 3. The van der Waals surface area contributed by atoms with Crippen molar-refractivity contribution in [1.82, 2.24) is 0 Å². The van der Waals surface area contributed by atoms with Gasteiger partial charge in [0.2, 0.25) is 5.91 Å². The van der Waals surface area contributed by atoms with E-state index in [0.29, 0.717) is 11.4 Å². The lowest BCUT2D eigenvalue weighted by Gasteiger charge is -2.18. The second-order valence-electron chi connectivity index (χ2n) is 5.77. The Morgan fingerprint density at radius 3 is 2.48 bits per heavy atom. The van der Waals surface area contributed by atoms with Crippen molar-refractivity contribution in [1.29, 1.82) is 0 Å². The van der Waals surface area contributed by atoms with Crippen molar-refractivity contribution in [2.75, 3.05) is 10.2 Å². The molecule has 0 spiro atoms. The molecule has 118 valence electrons. The number of carbonyl (C=O) groups excluding carboxylic acids is 2. The second kappa shape index (κ2) is 5.83. The molecule has 0 radical (unpaired) electrons. The van der Waals surface area contributed by atoms with Gasteiger partial charge in [-0.05, 0) is 55.3 Å². The minimum atomic E-state index is -0.632. The molecule has 2 amide bonds. The average molecular weight is 312 g/mol. The van der Waals surface area contributed by atoms with Crippen LogP contribution in [0.1, 0.15) is 17.5 Å². The van der Waals surface area contributed by atoms with Crippen LogP contribution in [0.25, 0.3) is 0 Å². The van der Waals surface area contributed by atoms with Gasteiger partial charge in [-0.15, -0.1) is 0 Å². The van der Waals surface area contributed by atoms with Gasteiger partial charge in [0, 0.05) is 5.69 Å². The first-order valence-electron chi connectivity index (χ1n) is 7.42. The van der Waals surface area contributed by atoms with E-state index in [1.807, 2.05) is 32.0 Å². The Balaban J connectivity index is 1.85. The number of hydrogen-bond acceptors (Lipinski definition) is 3. The van der Waals surface area contributed by atoms with E-state index in [-0.39, 0.29) is 24.1 Å². The number of nitrogens with zero attached hydrogens (tertiary/aromatic N) is 1. The Morgan fingerprint density at radius 1 is 1.09 bits per heavy atom. The monoisotopic (exact) mass is 312 g/mol. The van der Waals surface area contributed by atoms with Crippen LogP contribution >= 0.6 is 0 Å². The molecule has 1 aliphatic rings. The van der Waals surface area contributed by atoms with Gasteiger partial charge in [-0.2, -0.15) is 0 Å². The zero-order chi connectivity index (χ0) is 16.6. The minimum absolute atomic E-state index is 0.0869. The molecular weight excluding hydrogens is 295 g/mol. The molecule has 1 unspecified atom stereocenters. The van der Waals surface area contributed by atoms with Gasteiger partial charge >= 0.3 is 0 Å². The third kappa shape index (κ3) is 2.95. The van der Waals surface area contributed by atoms with E-state index >= 15 is 0 Å². The van der Waals surface area contributed by atoms with Crippen LogP contribution in [0, 0.1) is 19.7 Å². The smallest absolute Gasteiger partial charge is 0.256 e. The van der Waals surface area contributed by atoms with E-state index in [9.17, 15) is 14.0 Å². The van der Waals surface area contributed by atoms with E-state index < -0.39 is 6.04 Å². The SMILES string of the molecule is Cc1ccc(C)c(N2C(=O)CC(Nc3ccc(F)cc3)C2=O)c1. The van der Waals surface area contributed by atoms with E-state index in [1.165, 1.54) is 17.0 Å². The molecule has 5 heteroatoms. The third-order valence-corrected chi connectivity index (χ3v) is 3.94. The normalized spacial score (nSPS) is 17.7. The van der Waals surface area contributed by atoms with Crippen molar-refractivity contribution >= 4 is 23.2 Å². The van der Waals surface area contributed by atoms with E-state index in [0.717, 1.165) is 11.1 Å². The van der Waals surface area contributed by atoms with Crippen LogP contribution in [0.15, 0.2) is 42.5 Å². The number of benzene rings is 2. The lowest BCUT2D eigenvalue weighted by Crippen LogP contribution is -2.35. The summed E-state index contributed by atoms with van der Waals surface area (Å²) in [6.07, 6.45) is 0.0869. The van der Waals surface area contributed by atoms with Crippen molar-refractivity contribution in [3.63, 3.8) is 0 Å². The standard InChI is InChI=1S/C18H17FN2O2/c1-11-3-4-12(2)16(9-11)21-17(22)10-15(18(21)23)20-14-7-5-13(19)6-8-14/h3-9,15,20H,10H2,1-2H3. The van der Waals surface area contributed by atoms with Crippen molar-refractivity contribution in [3.8, 4) is 0 Å². The summed E-state index contributed by atoms with van der Waals surface area (Å²) in [5.41, 5.74) is 3.10. The molecular formula is C18H17FN2O2. The molecule has 1 saturated heterocycles. The van der Waals surface area contributed by atoms with Crippen LogP contribution in [0.2, 0.25) is 0 Å². The molecule has 23 heavy (non-hydrogen) atoms. The van der Waals surface area contributed by atoms with Crippen LogP contribution in [-0.2, 0) is 9.59 Å². The number of carbonyl (C=O) groups is 2. The summed E-state index contributed by atoms with van der Waals surface area (Å²) in [4.78, 5) is 26.2. The average Bonchev–Trinajstić information content (AvgIpc) is 2.78. The lowest BCUT2D eigenvalue weighted by molar-refractivity contribution is -0.121. The molecule has 1 N–H and O–H groups in total. The zero-order valence-corrected chi connectivity index (χ0v) is 13.0. The molecule has 2 aromatic rings. The molecule has 0 aromatic heterocycles. The summed E-state index contributed by atoms with van der Waals surface area (Å²) in [5.74, 6) is -0.863. The fourth-order valence-electron chi connectivity index (χ4n) is 2.71. The summed E-state index contributed by atoms with van der Waals surface area (Å²) in [5, 5.41) is 3.00. The van der Waals surface area contributed by atoms with Gasteiger partial charge in [0.15, 0.2) is 0 Å². The third-order valence-electron chi connectivity index (χ3n) is 3.94. The summed E-state index contributed by atoms with van der Waals surface area (Å²) in [6, 6.07) is 10.8. The van der Waals surface area contributed by atoms with Crippen molar-refractivity contribution in [2.45, 2.75) is 26.3 Å². The molecule has 1 fully saturated rings. The topological polar surface area (TPSA) is 49.4 Å². The zero-order valence-electron chi connectivity index (χ0n) is 13.0. The number of nitrogens with one attached hydrogen (secondary N) is 1. The maximum atomic E-state index is 12.9. The highest BCUT2D eigenvalue weighted by atomic mass is 19.1. The number of imide groups is 1. The Bertz CT molecular complexity index is 771. The molecule has 2 aromatic carbocycles. The van der Waals surface area contributed by atoms with Crippen LogP contribution in [0.5, 0.6) is 0 Å². The lowest BCUT2D eigenvalue weighted by atomic mass is 10.1. The molecule has 1 heterocycles. The predicted molar refractivity (Wildman–Crippen MR) is 86.8 cm³/mol. The number of aryl methyl sites for hydroxylation is 2. The fourth-order valence-corrected chi connectivity index (χ4v) is 2.71. The maximum absolute atomic E-state index is 12.9. The molecule has 0 aliphatic carbocycles. The predicted octanol–water partition coefficient (Wildman–Crippen LogP) is 3.19. The van der Waals surface area contributed by atoms with Gasteiger partial charge in [-0.3, -0.25) is 9.59 Å². The van der Waals surface area contributed by atoms with Gasteiger partial charge < -0.3 is 5.32 Å². The molecule has 1 aliphatic heterocycles. The molecule has 3 rings (SSSR count). The van der Waals surface area contributed by atoms with Crippen molar-refractivity contribution < 1.29 is 14.0 Å². The highest BCUT2D eigenvalue weighted by Gasteiger charge is 2.40. The Labute approximate surface area is 133 Å². The molecule has 0 bridgehead atoms. The quantitative estimate of drug-likeness (QED) is 0.886. The highest BCUT2D eigenvalue weighted by molar-refractivity contribution is 6.23. The number of hydrogen-bond donors (Lipinski definition) is 1. The number of halogens is 1. The van der Waals surface area contributed by atoms with Gasteiger partial charge in [0.1, 0.15) is 11.9 Å². The summed E-state index contributed by atoms with van der Waals surface area (Å²) >= 11 is 0. The van der Waals surface area contributed by atoms with E-state index in [1.54, 1.807) is 12.1 Å². The molecule has 1 atom stereocenters. The summed E-state index contributed by atoms with van der Waals surface area (Å²) < 4.78 is 12.9. The van der Waals surface area contributed by atoms with Gasteiger partial charge in [0.05, 0.1) is 12.1 Å². The minimum Gasteiger partial charge on any atom is -0.373 e. The first kappa shape index (κ1) is 15.2. The second-order valence-corrected chi connectivity index (χ2v) is 5.77. The summed E-state index contributed by atoms with van der Waals surface area (Å²) in [7, 11) is 0. The van der Waals surface area contributed by atoms with Crippen LogP contribution in [0.4, 0.5) is 15.8 Å². The van der Waals surface area contributed by atoms with Crippen molar-refractivity contribution in [3.05, 3.63) is 59.4 Å². The van der Waals surface area contributed by atoms with Gasteiger partial charge in [0.25, 0.3) is 5.91 Å². The first-order chi connectivity index (χ1) is 11.0. The van der Waals surface area contributed by atoms with E-state index in [2.05, 4.69) is 5.32 Å². The molecule has 4 nitrogen and oxygen atoms in total. The van der Waals surface area contributed by atoms with Gasteiger partial charge in [-0.1, -0.05) is 12.1 Å².